The highest BCUT2D eigenvalue weighted by atomic mass is 16.2. The van der Waals surface area contributed by atoms with E-state index >= 15 is 0 Å². The number of nitrogens with zero attached hydrogens (tertiary/aromatic N) is 4. The van der Waals surface area contributed by atoms with Gasteiger partial charge in [0.05, 0.1) is 11.9 Å². The summed E-state index contributed by atoms with van der Waals surface area (Å²) in [6, 6.07) is 10.6. The number of carbonyl (C=O) groups is 1. The zero-order valence-corrected chi connectivity index (χ0v) is 15.7. The van der Waals surface area contributed by atoms with Gasteiger partial charge in [0.25, 0.3) is 5.91 Å². The lowest BCUT2D eigenvalue weighted by Crippen LogP contribution is -2.43. The van der Waals surface area contributed by atoms with Gasteiger partial charge in [-0.2, -0.15) is 0 Å². The summed E-state index contributed by atoms with van der Waals surface area (Å²) >= 11 is 0. The molecule has 1 saturated heterocycles. The molecule has 0 saturated carbocycles. The maximum absolute atomic E-state index is 12.6. The number of nitrogens with one attached hydrogen (secondary N) is 1. The van der Waals surface area contributed by atoms with Crippen molar-refractivity contribution in [1.82, 2.24) is 25.1 Å². The van der Waals surface area contributed by atoms with Gasteiger partial charge in [0, 0.05) is 44.3 Å². The number of carbonyl (C=O) groups excluding carboxylic acids is 1. The molecule has 3 rings (SSSR count). The molecule has 26 heavy (non-hydrogen) atoms. The van der Waals surface area contributed by atoms with Gasteiger partial charge in [-0.3, -0.25) is 14.7 Å². The maximum Gasteiger partial charge on any atom is 0.271 e. The van der Waals surface area contributed by atoms with E-state index in [1.54, 1.807) is 12.4 Å². The molecule has 1 aromatic carbocycles. The van der Waals surface area contributed by atoms with Gasteiger partial charge in [0.2, 0.25) is 0 Å². The summed E-state index contributed by atoms with van der Waals surface area (Å²) in [6.07, 6.45) is 3.17. The quantitative estimate of drug-likeness (QED) is 0.854. The predicted molar refractivity (Wildman–Crippen MR) is 102 cm³/mol. The van der Waals surface area contributed by atoms with Crippen LogP contribution in [0.1, 0.15) is 21.7 Å². The fourth-order valence-electron chi connectivity index (χ4n) is 3.50. The van der Waals surface area contributed by atoms with Gasteiger partial charge >= 0.3 is 0 Å². The number of hydrogen-bond donors (Lipinski definition) is 1. The first kappa shape index (κ1) is 18.5. The van der Waals surface area contributed by atoms with Gasteiger partial charge in [0.15, 0.2) is 0 Å². The molecule has 0 bridgehead atoms. The van der Waals surface area contributed by atoms with E-state index in [4.69, 9.17) is 0 Å². The summed E-state index contributed by atoms with van der Waals surface area (Å²) in [6.45, 7) is 5.52. The molecule has 2 heterocycles. The Hall–Kier alpha value is -2.31. The summed E-state index contributed by atoms with van der Waals surface area (Å²) in [5, 5.41) is 3.18. The minimum absolute atomic E-state index is 0.108. The van der Waals surface area contributed by atoms with Crippen molar-refractivity contribution >= 4 is 5.91 Å². The van der Waals surface area contributed by atoms with Crippen molar-refractivity contribution in [3.63, 3.8) is 0 Å². The van der Waals surface area contributed by atoms with Crippen LogP contribution >= 0.6 is 0 Å². The Bertz CT molecular complexity index is 717. The molecule has 6 nitrogen and oxygen atoms in total. The third-order valence-electron chi connectivity index (χ3n) is 4.70. The van der Waals surface area contributed by atoms with Crippen molar-refractivity contribution in [2.24, 2.45) is 5.92 Å². The van der Waals surface area contributed by atoms with Crippen LogP contribution in [0.25, 0.3) is 0 Å². The highest BCUT2D eigenvalue weighted by molar-refractivity contribution is 5.92. The molecule has 1 amide bonds. The maximum atomic E-state index is 12.6. The van der Waals surface area contributed by atoms with Crippen molar-refractivity contribution < 1.29 is 4.79 Å². The van der Waals surface area contributed by atoms with E-state index in [0.29, 0.717) is 11.6 Å². The van der Waals surface area contributed by atoms with E-state index in [1.807, 2.05) is 13.0 Å². The summed E-state index contributed by atoms with van der Waals surface area (Å²) < 4.78 is 0. The highest BCUT2D eigenvalue weighted by Gasteiger charge is 2.34. The third-order valence-corrected chi connectivity index (χ3v) is 4.70. The molecule has 2 aromatic rings. The Kier molecular flexibility index (Phi) is 5.96. The largest absolute Gasteiger partial charge is 0.346 e. The first-order chi connectivity index (χ1) is 12.5. The van der Waals surface area contributed by atoms with Crippen LogP contribution in [0, 0.1) is 12.8 Å². The van der Waals surface area contributed by atoms with Crippen LogP contribution in [0.5, 0.6) is 0 Å². The van der Waals surface area contributed by atoms with Crippen LogP contribution in [0.2, 0.25) is 0 Å². The highest BCUT2D eigenvalue weighted by Crippen LogP contribution is 2.20. The Morgan fingerprint density at radius 1 is 1.19 bits per heavy atom. The summed E-state index contributed by atoms with van der Waals surface area (Å²) in [5.41, 5.74) is 2.48. The lowest BCUT2D eigenvalue weighted by molar-refractivity contribution is 0.0921. The van der Waals surface area contributed by atoms with Gasteiger partial charge in [-0.25, -0.2) is 4.98 Å². The van der Waals surface area contributed by atoms with E-state index in [1.165, 1.54) is 5.56 Å². The van der Waals surface area contributed by atoms with Crippen molar-refractivity contribution in [3.05, 3.63) is 59.7 Å². The van der Waals surface area contributed by atoms with Gasteiger partial charge in [-0.05, 0) is 26.6 Å². The second kappa shape index (κ2) is 8.38. The number of amides is 1. The first-order valence-electron chi connectivity index (χ1n) is 9.02. The Morgan fingerprint density at radius 2 is 1.96 bits per heavy atom. The average molecular weight is 353 g/mol. The van der Waals surface area contributed by atoms with Crippen LogP contribution in [0.4, 0.5) is 0 Å². The Morgan fingerprint density at radius 3 is 2.62 bits per heavy atom. The van der Waals surface area contributed by atoms with Crippen molar-refractivity contribution in [1.29, 1.82) is 0 Å². The number of benzene rings is 1. The van der Waals surface area contributed by atoms with Crippen molar-refractivity contribution in [3.8, 4) is 0 Å². The Balaban J connectivity index is 1.66. The topological polar surface area (TPSA) is 61.4 Å². The fraction of sp³-hybridized carbons (Fsp3) is 0.450. The summed E-state index contributed by atoms with van der Waals surface area (Å²) in [5.74, 6) is 0.240. The minimum Gasteiger partial charge on any atom is -0.346 e. The molecular weight excluding hydrogens is 326 g/mol. The number of hydrogen-bond acceptors (Lipinski definition) is 5. The molecule has 1 N–H and O–H groups in total. The fourth-order valence-corrected chi connectivity index (χ4v) is 3.50. The van der Waals surface area contributed by atoms with Crippen LogP contribution in [-0.2, 0) is 6.54 Å². The molecule has 0 aliphatic carbocycles. The molecule has 1 aliphatic rings. The lowest BCUT2D eigenvalue weighted by Gasteiger charge is -2.22. The van der Waals surface area contributed by atoms with E-state index in [0.717, 1.165) is 31.9 Å². The van der Waals surface area contributed by atoms with Crippen molar-refractivity contribution in [2.45, 2.75) is 19.5 Å². The van der Waals surface area contributed by atoms with E-state index < -0.39 is 0 Å². The molecule has 0 radical (unpaired) electrons. The van der Waals surface area contributed by atoms with Crippen LogP contribution in [0.15, 0.2) is 42.7 Å². The molecule has 138 valence electrons. The number of aryl methyl sites for hydroxylation is 1. The molecule has 6 heteroatoms. The molecule has 1 aromatic heterocycles. The number of likely N-dealkylation sites (tertiary alicyclic amines) is 1. The molecule has 1 fully saturated rings. The van der Waals surface area contributed by atoms with Crippen LogP contribution in [-0.4, -0.2) is 65.4 Å². The molecule has 2 atom stereocenters. The zero-order chi connectivity index (χ0) is 18.5. The first-order valence-corrected chi connectivity index (χ1v) is 9.02. The van der Waals surface area contributed by atoms with Crippen molar-refractivity contribution in [2.75, 3.05) is 33.7 Å². The Labute approximate surface area is 155 Å². The van der Waals surface area contributed by atoms with E-state index in [-0.39, 0.29) is 11.9 Å². The third kappa shape index (κ3) is 4.86. The minimum atomic E-state index is -0.146. The summed E-state index contributed by atoms with van der Waals surface area (Å²) in [7, 11) is 4.15. The molecular formula is C20H27N5O. The number of rotatable bonds is 6. The molecule has 0 unspecified atom stereocenters. The van der Waals surface area contributed by atoms with E-state index in [2.05, 4.69) is 63.4 Å². The van der Waals surface area contributed by atoms with Gasteiger partial charge in [0.1, 0.15) is 5.69 Å². The second-order valence-corrected chi connectivity index (χ2v) is 7.32. The monoisotopic (exact) mass is 353 g/mol. The second-order valence-electron chi connectivity index (χ2n) is 7.32. The SMILES string of the molecule is Cc1cnc(C(=O)N[C@@H]2CN(Cc3ccccc3)C[C@H]2CN(C)C)cn1. The average Bonchev–Trinajstić information content (AvgIpc) is 2.96. The zero-order valence-electron chi connectivity index (χ0n) is 15.7. The summed E-state index contributed by atoms with van der Waals surface area (Å²) in [4.78, 5) is 25.5. The number of aromatic nitrogens is 2. The van der Waals surface area contributed by atoms with Gasteiger partial charge in [-0.15, -0.1) is 0 Å². The van der Waals surface area contributed by atoms with Crippen LogP contribution in [0.3, 0.4) is 0 Å². The lowest BCUT2D eigenvalue weighted by atomic mass is 10.0. The smallest absolute Gasteiger partial charge is 0.271 e. The standard InChI is InChI=1S/C20H27N5O/c1-15-9-22-18(10-21-15)20(26)23-19-14-25(13-17(19)12-24(2)3)11-16-7-5-4-6-8-16/h4-10,17,19H,11-14H2,1-3H3,(H,23,26)/t17-,19-/m1/s1. The van der Waals surface area contributed by atoms with Gasteiger partial charge < -0.3 is 10.2 Å². The van der Waals surface area contributed by atoms with E-state index in [9.17, 15) is 4.79 Å². The normalized spacial score (nSPS) is 20.5. The van der Waals surface area contributed by atoms with Gasteiger partial charge in [-0.1, -0.05) is 30.3 Å². The van der Waals surface area contributed by atoms with Crippen LogP contribution < -0.4 is 5.32 Å². The molecule has 0 spiro atoms. The molecule has 1 aliphatic heterocycles. The predicted octanol–water partition coefficient (Wildman–Crippen LogP) is 1.58.